The molecule has 1 heterocycles. The van der Waals surface area contributed by atoms with Crippen LogP contribution in [0.3, 0.4) is 0 Å². The van der Waals surface area contributed by atoms with Crippen molar-refractivity contribution in [1.82, 2.24) is 0 Å². The molecular weight excluding hydrogens is 368 g/mol. The molecule has 1 aliphatic rings. The van der Waals surface area contributed by atoms with Gasteiger partial charge in [-0.25, -0.2) is 8.42 Å². The van der Waals surface area contributed by atoms with E-state index in [4.69, 9.17) is 4.74 Å². The molecular formula is C13H16BrF2NO3S. The van der Waals surface area contributed by atoms with Crippen LogP contribution in [0.2, 0.25) is 0 Å². The van der Waals surface area contributed by atoms with E-state index in [-0.39, 0.29) is 17.1 Å². The summed E-state index contributed by atoms with van der Waals surface area (Å²) in [5, 5.41) is 0.595. The fourth-order valence-electron chi connectivity index (χ4n) is 2.38. The summed E-state index contributed by atoms with van der Waals surface area (Å²) in [5.74, 6) is -3.43. The number of anilines is 1. The van der Waals surface area contributed by atoms with E-state index in [1.165, 1.54) is 12.1 Å². The first-order chi connectivity index (χ1) is 9.86. The van der Waals surface area contributed by atoms with Gasteiger partial charge in [0.05, 0.1) is 22.8 Å². The van der Waals surface area contributed by atoms with Crippen LogP contribution in [-0.4, -0.2) is 44.8 Å². The van der Waals surface area contributed by atoms with Crippen molar-refractivity contribution in [2.75, 3.05) is 23.3 Å². The van der Waals surface area contributed by atoms with Crippen molar-refractivity contribution >= 4 is 31.5 Å². The molecule has 0 aliphatic carbocycles. The van der Waals surface area contributed by atoms with Gasteiger partial charge >= 0.3 is 5.76 Å². The van der Waals surface area contributed by atoms with Crippen LogP contribution in [0.25, 0.3) is 0 Å². The number of ether oxygens (including phenoxy) is 1. The summed E-state index contributed by atoms with van der Waals surface area (Å²) >= 11 is 3.33. The molecule has 0 spiro atoms. The first kappa shape index (κ1) is 16.6. The lowest BCUT2D eigenvalue weighted by Crippen LogP contribution is -2.47. The van der Waals surface area contributed by atoms with Crippen LogP contribution in [0.15, 0.2) is 29.2 Å². The molecule has 0 saturated carbocycles. The van der Waals surface area contributed by atoms with Crippen LogP contribution in [0.1, 0.15) is 6.92 Å². The minimum absolute atomic E-state index is 0.108. The highest BCUT2D eigenvalue weighted by atomic mass is 79.9. The van der Waals surface area contributed by atoms with Crippen molar-refractivity contribution in [3.05, 3.63) is 24.3 Å². The highest BCUT2D eigenvalue weighted by molar-refractivity contribution is 9.09. The van der Waals surface area contributed by atoms with Crippen LogP contribution < -0.4 is 4.90 Å². The maximum atomic E-state index is 12.8. The van der Waals surface area contributed by atoms with E-state index in [9.17, 15) is 17.2 Å². The number of hydrogen-bond donors (Lipinski definition) is 0. The second-order valence-corrected chi connectivity index (χ2v) is 7.44. The number of hydrogen-bond acceptors (Lipinski definition) is 4. The number of nitrogens with zero attached hydrogens (tertiary/aromatic N) is 1. The summed E-state index contributed by atoms with van der Waals surface area (Å²) in [6.07, 6.45) is -0.223. The maximum absolute atomic E-state index is 12.8. The van der Waals surface area contributed by atoms with E-state index >= 15 is 0 Å². The molecule has 0 N–H and O–H groups in total. The van der Waals surface area contributed by atoms with Crippen LogP contribution in [-0.2, 0) is 14.6 Å². The van der Waals surface area contributed by atoms with Gasteiger partial charge in [0.15, 0.2) is 0 Å². The highest BCUT2D eigenvalue weighted by Crippen LogP contribution is 2.31. The van der Waals surface area contributed by atoms with E-state index in [0.29, 0.717) is 24.1 Å². The number of sulfone groups is 1. The lowest BCUT2D eigenvalue weighted by Gasteiger charge is -2.38. The second-order valence-electron chi connectivity index (χ2n) is 4.90. The van der Waals surface area contributed by atoms with Crippen molar-refractivity contribution in [1.29, 1.82) is 0 Å². The van der Waals surface area contributed by atoms with Crippen molar-refractivity contribution in [3.63, 3.8) is 0 Å². The van der Waals surface area contributed by atoms with Gasteiger partial charge in [0.25, 0.3) is 0 Å². The maximum Gasteiger partial charge on any atom is 0.341 e. The third-order valence-corrected chi connectivity index (χ3v) is 5.39. The van der Waals surface area contributed by atoms with Crippen molar-refractivity contribution in [2.24, 2.45) is 0 Å². The molecule has 1 saturated heterocycles. The van der Waals surface area contributed by atoms with E-state index < -0.39 is 15.6 Å². The van der Waals surface area contributed by atoms with Crippen LogP contribution in [0.5, 0.6) is 0 Å². The summed E-state index contributed by atoms with van der Waals surface area (Å²) in [4.78, 5) is 1.46. The Labute approximate surface area is 131 Å². The van der Waals surface area contributed by atoms with Gasteiger partial charge in [0, 0.05) is 18.4 Å². The van der Waals surface area contributed by atoms with Crippen molar-refractivity contribution in [2.45, 2.75) is 29.8 Å². The molecule has 2 unspecified atom stereocenters. The molecule has 0 amide bonds. The summed E-state index contributed by atoms with van der Waals surface area (Å²) in [5.41, 5.74) is 0.305. The van der Waals surface area contributed by atoms with Gasteiger partial charge in [-0.2, -0.15) is 8.78 Å². The quantitative estimate of drug-likeness (QED) is 0.749. The number of morpholine rings is 1. The zero-order valence-corrected chi connectivity index (χ0v) is 13.8. The number of halogens is 3. The van der Waals surface area contributed by atoms with Gasteiger partial charge < -0.3 is 9.64 Å². The Morgan fingerprint density at radius 2 is 2.05 bits per heavy atom. The third-order valence-electron chi connectivity index (χ3n) is 3.25. The highest BCUT2D eigenvalue weighted by Gasteiger charge is 2.33. The third kappa shape index (κ3) is 3.54. The van der Waals surface area contributed by atoms with E-state index in [0.717, 1.165) is 0 Å². The van der Waals surface area contributed by atoms with E-state index in [2.05, 4.69) is 15.9 Å². The fraction of sp³-hybridized carbons (Fsp3) is 0.538. The van der Waals surface area contributed by atoms with Gasteiger partial charge in [-0.15, -0.1) is 0 Å². The second kappa shape index (κ2) is 6.58. The zero-order chi connectivity index (χ0) is 15.6. The van der Waals surface area contributed by atoms with Gasteiger partial charge in [0.2, 0.25) is 9.84 Å². The molecule has 2 rings (SSSR count). The molecule has 0 aromatic heterocycles. The Morgan fingerprint density at radius 3 is 2.67 bits per heavy atom. The molecule has 1 aliphatic heterocycles. The van der Waals surface area contributed by atoms with Crippen LogP contribution >= 0.6 is 15.9 Å². The Bertz CT molecular complexity index is 597. The molecule has 21 heavy (non-hydrogen) atoms. The fourth-order valence-corrected chi connectivity index (χ4v) is 3.69. The predicted octanol–water partition coefficient (Wildman–Crippen LogP) is 2.67. The average Bonchev–Trinajstić information content (AvgIpc) is 2.46. The number of alkyl halides is 3. The molecule has 4 nitrogen and oxygen atoms in total. The summed E-state index contributed by atoms with van der Waals surface area (Å²) < 4.78 is 54.9. The average molecular weight is 384 g/mol. The Hall–Kier alpha value is -0.730. The lowest BCUT2D eigenvalue weighted by atomic mass is 10.2. The Morgan fingerprint density at radius 1 is 1.38 bits per heavy atom. The minimum atomic E-state index is -4.63. The molecule has 0 radical (unpaired) electrons. The minimum Gasteiger partial charge on any atom is -0.371 e. The van der Waals surface area contributed by atoms with E-state index in [1.54, 1.807) is 17.0 Å². The zero-order valence-electron chi connectivity index (χ0n) is 11.4. The largest absolute Gasteiger partial charge is 0.371 e. The number of para-hydroxylation sites is 1. The summed E-state index contributed by atoms with van der Waals surface area (Å²) in [7, 11) is -4.63. The molecule has 0 bridgehead atoms. The SMILES string of the molecule is CC1CN(c2ccccc2S(=O)(=O)C(F)F)CC(CBr)O1. The number of benzene rings is 1. The van der Waals surface area contributed by atoms with E-state index in [1.807, 2.05) is 6.92 Å². The smallest absolute Gasteiger partial charge is 0.341 e. The first-order valence-corrected chi connectivity index (χ1v) is 9.10. The normalized spacial score (nSPS) is 23.6. The van der Waals surface area contributed by atoms with Gasteiger partial charge in [-0.3, -0.25) is 0 Å². The lowest BCUT2D eigenvalue weighted by molar-refractivity contribution is -0.00214. The van der Waals surface area contributed by atoms with Gasteiger partial charge in [0.1, 0.15) is 0 Å². The molecule has 1 fully saturated rings. The summed E-state index contributed by atoms with van der Waals surface area (Å²) in [6, 6.07) is 5.87. The summed E-state index contributed by atoms with van der Waals surface area (Å²) in [6.45, 7) is 2.77. The van der Waals surface area contributed by atoms with Crippen molar-refractivity contribution in [3.8, 4) is 0 Å². The van der Waals surface area contributed by atoms with Crippen LogP contribution in [0, 0.1) is 0 Å². The molecule has 1 aromatic rings. The molecule has 8 heteroatoms. The Balaban J connectivity index is 2.41. The molecule has 118 valence electrons. The Kier molecular flexibility index (Phi) is 5.21. The van der Waals surface area contributed by atoms with Crippen LogP contribution in [0.4, 0.5) is 14.5 Å². The standard InChI is InChI=1S/C13H16BrF2NO3S/c1-9-7-17(8-10(6-14)20-9)11-4-2-3-5-12(11)21(18,19)13(15)16/h2-5,9-10,13H,6-8H2,1H3. The predicted molar refractivity (Wildman–Crippen MR) is 80.0 cm³/mol. The number of rotatable bonds is 4. The molecule has 1 aromatic carbocycles. The topological polar surface area (TPSA) is 46.6 Å². The van der Waals surface area contributed by atoms with Crippen molar-refractivity contribution < 1.29 is 21.9 Å². The van der Waals surface area contributed by atoms with Gasteiger partial charge in [-0.1, -0.05) is 28.1 Å². The first-order valence-electron chi connectivity index (χ1n) is 6.43. The van der Waals surface area contributed by atoms with Gasteiger partial charge in [-0.05, 0) is 19.1 Å². The molecule has 2 atom stereocenters. The monoisotopic (exact) mass is 383 g/mol.